The number of methoxy groups -OCH3 is 1. The molecule has 3 saturated heterocycles. The Bertz CT molecular complexity index is 681. The van der Waals surface area contributed by atoms with Gasteiger partial charge in [0.15, 0.2) is 9.84 Å². The van der Waals surface area contributed by atoms with E-state index in [1.54, 1.807) is 7.11 Å². The lowest BCUT2D eigenvalue weighted by Gasteiger charge is -2.54. The zero-order valence-electron chi connectivity index (χ0n) is 14.7. The SMILES string of the molecule is COC1CN(C[C@H]2COC3(CN(C(=O)C4CC(F)(F)C4)C3)CS2(=O)=O)C1. The zero-order valence-corrected chi connectivity index (χ0v) is 15.5. The van der Waals surface area contributed by atoms with Crippen LogP contribution in [0.1, 0.15) is 12.8 Å². The van der Waals surface area contributed by atoms with Crippen LogP contribution in [0.3, 0.4) is 0 Å². The maximum atomic E-state index is 12.9. The second-order valence-corrected chi connectivity index (χ2v) is 10.4. The fourth-order valence-electron chi connectivity index (χ4n) is 4.26. The summed E-state index contributed by atoms with van der Waals surface area (Å²) in [5.41, 5.74) is -0.860. The Labute approximate surface area is 151 Å². The number of ether oxygens (including phenoxy) is 2. The van der Waals surface area contributed by atoms with Gasteiger partial charge in [-0.15, -0.1) is 0 Å². The molecule has 0 N–H and O–H groups in total. The molecule has 0 unspecified atom stereocenters. The van der Waals surface area contributed by atoms with Gasteiger partial charge >= 0.3 is 0 Å². The van der Waals surface area contributed by atoms with Crippen LogP contribution in [0.4, 0.5) is 8.78 Å². The highest BCUT2D eigenvalue weighted by Crippen LogP contribution is 2.44. The largest absolute Gasteiger partial charge is 0.379 e. The molecule has 10 heteroatoms. The molecular weight excluding hydrogens is 370 g/mol. The standard InChI is InChI=1S/C16H24F2N2O5S/c1-24-12-4-19(5-12)6-13-7-25-15(10-26(13,22)23)8-20(9-15)14(21)11-2-16(17,18)3-11/h11-13H,2-10H2,1H3/t13-/m0/s1. The first-order valence-electron chi connectivity index (χ1n) is 8.89. The first-order chi connectivity index (χ1) is 12.1. The van der Waals surface area contributed by atoms with Crippen LogP contribution in [0.25, 0.3) is 0 Å². The summed E-state index contributed by atoms with van der Waals surface area (Å²) in [7, 11) is -1.69. The molecule has 0 aromatic rings. The van der Waals surface area contributed by atoms with E-state index in [2.05, 4.69) is 0 Å². The van der Waals surface area contributed by atoms with Gasteiger partial charge in [-0.3, -0.25) is 9.69 Å². The third kappa shape index (κ3) is 3.25. The molecule has 1 saturated carbocycles. The highest BCUT2D eigenvalue weighted by molar-refractivity contribution is 7.92. The van der Waals surface area contributed by atoms with Crippen molar-refractivity contribution >= 4 is 15.7 Å². The topological polar surface area (TPSA) is 76.2 Å². The number of alkyl halides is 2. The van der Waals surface area contributed by atoms with E-state index in [1.165, 1.54) is 4.90 Å². The quantitative estimate of drug-likeness (QED) is 0.655. The summed E-state index contributed by atoms with van der Waals surface area (Å²) in [5, 5.41) is -0.569. The summed E-state index contributed by atoms with van der Waals surface area (Å²) in [5.74, 6) is -3.80. The second kappa shape index (κ2) is 6.08. The van der Waals surface area contributed by atoms with E-state index in [-0.39, 0.29) is 37.5 Å². The number of sulfone groups is 1. The van der Waals surface area contributed by atoms with E-state index < -0.39 is 45.4 Å². The fraction of sp³-hybridized carbons (Fsp3) is 0.938. The number of carbonyl (C=O) groups is 1. The molecule has 4 aliphatic rings. The van der Waals surface area contributed by atoms with Crippen LogP contribution in [0.5, 0.6) is 0 Å². The van der Waals surface area contributed by atoms with Crippen LogP contribution in [0.2, 0.25) is 0 Å². The van der Waals surface area contributed by atoms with Crippen molar-refractivity contribution in [2.24, 2.45) is 5.92 Å². The van der Waals surface area contributed by atoms with Gasteiger partial charge in [0.05, 0.1) is 36.8 Å². The molecule has 4 fully saturated rings. The lowest BCUT2D eigenvalue weighted by atomic mass is 9.79. The Kier molecular flexibility index (Phi) is 4.33. The molecule has 1 aliphatic carbocycles. The minimum Gasteiger partial charge on any atom is -0.379 e. The second-order valence-electron chi connectivity index (χ2n) is 8.15. The Morgan fingerprint density at radius 2 is 1.92 bits per heavy atom. The number of halogens is 2. The average Bonchev–Trinajstić information content (AvgIpc) is 2.45. The van der Waals surface area contributed by atoms with Gasteiger partial charge in [0.25, 0.3) is 0 Å². The van der Waals surface area contributed by atoms with Crippen molar-refractivity contribution < 1.29 is 31.5 Å². The average molecular weight is 394 g/mol. The molecule has 0 aromatic heterocycles. The van der Waals surface area contributed by atoms with E-state index in [1.807, 2.05) is 4.90 Å². The van der Waals surface area contributed by atoms with Gasteiger partial charge in [-0.05, 0) is 0 Å². The number of likely N-dealkylation sites (tertiary alicyclic amines) is 2. The van der Waals surface area contributed by atoms with Gasteiger partial charge in [-0.25, -0.2) is 17.2 Å². The van der Waals surface area contributed by atoms with Gasteiger partial charge in [0, 0.05) is 45.5 Å². The van der Waals surface area contributed by atoms with Crippen LogP contribution in [0, 0.1) is 5.92 Å². The predicted octanol–water partition coefficient (Wildman–Crippen LogP) is -0.243. The van der Waals surface area contributed by atoms with Gasteiger partial charge in [-0.1, -0.05) is 0 Å². The summed E-state index contributed by atoms with van der Waals surface area (Å²) in [6, 6.07) is 0. The van der Waals surface area contributed by atoms with Crippen molar-refractivity contribution in [2.45, 2.75) is 35.7 Å². The number of carbonyl (C=O) groups excluding carboxylic acids is 1. The molecule has 148 valence electrons. The number of hydrogen-bond acceptors (Lipinski definition) is 6. The normalized spacial score (nSPS) is 33.3. The first-order valence-corrected chi connectivity index (χ1v) is 10.6. The molecule has 3 heterocycles. The molecule has 0 bridgehead atoms. The minimum atomic E-state index is -3.33. The molecular formula is C16H24F2N2O5S. The lowest BCUT2D eigenvalue weighted by molar-refractivity contribution is -0.184. The van der Waals surface area contributed by atoms with E-state index in [4.69, 9.17) is 9.47 Å². The van der Waals surface area contributed by atoms with Crippen LogP contribution >= 0.6 is 0 Å². The molecule has 4 rings (SSSR count). The summed E-state index contributed by atoms with van der Waals surface area (Å²) in [6.07, 6.45) is -0.650. The molecule has 1 spiro atoms. The minimum absolute atomic E-state index is 0.111. The Hall–Kier alpha value is -0.840. The zero-order chi connectivity index (χ0) is 18.7. The van der Waals surface area contributed by atoms with E-state index >= 15 is 0 Å². The molecule has 1 atom stereocenters. The molecule has 0 aromatic carbocycles. The third-order valence-corrected chi connectivity index (χ3v) is 8.20. The number of hydrogen-bond donors (Lipinski definition) is 0. The molecule has 1 amide bonds. The van der Waals surface area contributed by atoms with Crippen molar-refractivity contribution in [1.29, 1.82) is 0 Å². The van der Waals surface area contributed by atoms with Gasteiger partial charge in [0.1, 0.15) is 5.60 Å². The van der Waals surface area contributed by atoms with Crippen LogP contribution in [0.15, 0.2) is 0 Å². The van der Waals surface area contributed by atoms with E-state index in [0.717, 1.165) is 13.1 Å². The smallest absolute Gasteiger partial charge is 0.249 e. The first kappa shape index (κ1) is 18.5. The van der Waals surface area contributed by atoms with Crippen LogP contribution < -0.4 is 0 Å². The molecule has 0 radical (unpaired) electrons. The summed E-state index contributed by atoms with van der Waals surface area (Å²) < 4.78 is 62.2. The van der Waals surface area contributed by atoms with Crippen molar-refractivity contribution in [3.8, 4) is 0 Å². The summed E-state index contributed by atoms with van der Waals surface area (Å²) >= 11 is 0. The van der Waals surface area contributed by atoms with Crippen molar-refractivity contribution in [3.05, 3.63) is 0 Å². The van der Waals surface area contributed by atoms with Gasteiger partial charge in [0.2, 0.25) is 11.8 Å². The van der Waals surface area contributed by atoms with Crippen LogP contribution in [-0.2, 0) is 24.1 Å². The third-order valence-electron chi connectivity index (χ3n) is 5.98. The van der Waals surface area contributed by atoms with Crippen molar-refractivity contribution in [1.82, 2.24) is 9.80 Å². The maximum absolute atomic E-state index is 12.9. The predicted molar refractivity (Wildman–Crippen MR) is 87.7 cm³/mol. The monoisotopic (exact) mass is 394 g/mol. The number of rotatable bonds is 4. The molecule has 3 aliphatic heterocycles. The summed E-state index contributed by atoms with van der Waals surface area (Å²) in [6.45, 7) is 2.34. The fourth-order valence-corrected chi connectivity index (χ4v) is 6.20. The van der Waals surface area contributed by atoms with Crippen LogP contribution in [-0.4, -0.2) is 99.2 Å². The lowest BCUT2D eigenvalue weighted by Crippen LogP contribution is -2.72. The van der Waals surface area contributed by atoms with Crippen molar-refractivity contribution in [2.75, 3.05) is 52.2 Å². The molecule has 7 nitrogen and oxygen atoms in total. The summed E-state index contributed by atoms with van der Waals surface area (Å²) in [4.78, 5) is 15.7. The molecule has 26 heavy (non-hydrogen) atoms. The number of nitrogens with zero attached hydrogens (tertiary/aromatic N) is 2. The van der Waals surface area contributed by atoms with E-state index in [9.17, 15) is 22.0 Å². The Balaban J connectivity index is 1.28. The maximum Gasteiger partial charge on any atom is 0.249 e. The van der Waals surface area contributed by atoms with Gasteiger partial charge < -0.3 is 14.4 Å². The Morgan fingerprint density at radius 3 is 2.46 bits per heavy atom. The number of amides is 1. The van der Waals surface area contributed by atoms with Crippen molar-refractivity contribution in [3.63, 3.8) is 0 Å². The Morgan fingerprint density at radius 1 is 1.27 bits per heavy atom. The van der Waals surface area contributed by atoms with E-state index in [0.29, 0.717) is 6.54 Å². The van der Waals surface area contributed by atoms with Gasteiger partial charge in [-0.2, -0.15) is 0 Å². The highest BCUT2D eigenvalue weighted by atomic mass is 32.2. The highest BCUT2D eigenvalue weighted by Gasteiger charge is 2.57.